The molecule has 0 aliphatic rings. The van der Waals surface area contributed by atoms with Gasteiger partial charge in [0.05, 0.1) is 0 Å². The molecule has 0 saturated carbocycles. The van der Waals surface area contributed by atoms with E-state index >= 15 is 0 Å². The van der Waals surface area contributed by atoms with E-state index in [-0.39, 0.29) is 6.04 Å². The normalized spacial score (nSPS) is 12.2. The topological polar surface area (TPSA) is 35.2 Å². The first kappa shape index (κ1) is 13.4. The van der Waals surface area contributed by atoms with Crippen LogP contribution in [0.5, 0.6) is 11.5 Å². The predicted octanol–water partition coefficient (Wildman–Crippen LogP) is 4.49. The third-order valence-electron chi connectivity index (χ3n) is 2.80. The number of para-hydroxylation sites is 1. The molecule has 3 heteroatoms. The summed E-state index contributed by atoms with van der Waals surface area (Å²) in [5.41, 5.74) is 7.15. The van der Waals surface area contributed by atoms with Crippen molar-refractivity contribution in [2.75, 3.05) is 0 Å². The molecule has 0 radical (unpaired) electrons. The largest absolute Gasteiger partial charge is 0.457 e. The summed E-state index contributed by atoms with van der Waals surface area (Å²) in [6, 6.07) is 16.0. The Bertz CT molecular complexity index is 510. The Labute approximate surface area is 121 Å². The number of hydrogen-bond acceptors (Lipinski definition) is 2. The van der Waals surface area contributed by atoms with Gasteiger partial charge in [0.2, 0.25) is 0 Å². The molecular weight excluding hydrogens is 337 g/mol. The molecule has 0 aliphatic carbocycles. The number of nitrogens with two attached hydrogens (primary N) is 1. The van der Waals surface area contributed by atoms with Gasteiger partial charge in [-0.1, -0.05) is 25.1 Å². The number of hydrogen-bond donors (Lipinski definition) is 1. The monoisotopic (exact) mass is 353 g/mol. The molecule has 0 fully saturated rings. The summed E-state index contributed by atoms with van der Waals surface area (Å²) < 4.78 is 7.10. The van der Waals surface area contributed by atoms with Crippen molar-refractivity contribution < 1.29 is 4.74 Å². The summed E-state index contributed by atoms with van der Waals surface area (Å²) in [6.07, 6.45) is 0.896. The molecule has 2 nitrogen and oxygen atoms in total. The summed E-state index contributed by atoms with van der Waals surface area (Å²) in [7, 11) is 0. The van der Waals surface area contributed by atoms with E-state index in [0.717, 1.165) is 23.5 Å². The minimum absolute atomic E-state index is 0.0186. The molecule has 0 amide bonds. The maximum Gasteiger partial charge on any atom is 0.132 e. The maximum absolute atomic E-state index is 6.09. The molecule has 0 saturated heterocycles. The van der Waals surface area contributed by atoms with Crippen LogP contribution in [0.3, 0.4) is 0 Å². The third kappa shape index (κ3) is 3.23. The standard InChI is InChI=1S/C15H16INO/c1-2-14(17)13-5-3-4-6-15(13)18-12-9-7-11(16)8-10-12/h3-10,14H,2,17H2,1H3/t14-/m1/s1. The van der Waals surface area contributed by atoms with Crippen molar-refractivity contribution in [3.05, 3.63) is 57.7 Å². The minimum Gasteiger partial charge on any atom is -0.457 e. The molecule has 0 aromatic heterocycles. The van der Waals surface area contributed by atoms with Gasteiger partial charge in [-0.25, -0.2) is 0 Å². The van der Waals surface area contributed by atoms with Crippen LogP contribution in [0.15, 0.2) is 48.5 Å². The van der Waals surface area contributed by atoms with Crippen LogP contribution in [-0.2, 0) is 0 Å². The van der Waals surface area contributed by atoms with Crippen LogP contribution in [0.2, 0.25) is 0 Å². The van der Waals surface area contributed by atoms with Crippen molar-refractivity contribution in [3.63, 3.8) is 0 Å². The number of halogens is 1. The molecule has 2 rings (SSSR count). The van der Waals surface area contributed by atoms with Crippen LogP contribution in [0.1, 0.15) is 24.9 Å². The van der Waals surface area contributed by atoms with Gasteiger partial charge in [-0.3, -0.25) is 0 Å². The Morgan fingerprint density at radius 1 is 1.11 bits per heavy atom. The summed E-state index contributed by atoms with van der Waals surface area (Å²) in [5.74, 6) is 1.68. The predicted molar refractivity (Wildman–Crippen MR) is 82.9 cm³/mol. The second-order valence-electron chi connectivity index (χ2n) is 4.11. The summed E-state index contributed by atoms with van der Waals surface area (Å²) in [4.78, 5) is 0. The molecule has 94 valence electrons. The zero-order valence-corrected chi connectivity index (χ0v) is 12.4. The van der Waals surface area contributed by atoms with Gasteiger partial charge >= 0.3 is 0 Å². The zero-order valence-electron chi connectivity index (χ0n) is 10.3. The highest BCUT2D eigenvalue weighted by molar-refractivity contribution is 14.1. The first-order chi connectivity index (χ1) is 8.70. The maximum atomic E-state index is 6.09. The summed E-state index contributed by atoms with van der Waals surface area (Å²) in [5, 5.41) is 0. The molecule has 2 N–H and O–H groups in total. The highest BCUT2D eigenvalue weighted by Crippen LogP contribution is 2.29. The fourth-order valence-corrected chi connectivity index (χ4v) is 2.09. The van der Waals surface area contributed by atoms with Crippen molar-refractivity contribution in [1.29, 1.82) is 0 Å². The van der Waals surface area contributed by atoms with Gasteiger partial charge in [0.15, 0.2) is 0 Å². The smallest absolute Gasteiger partial charge is 0.132 e. The highest BCUT2D eigenvalue weighted by Gasteiger charge is 2.10. The van der Waals surface area contributed by atoms with Gasteiger partial charge < -0.3 is 10.5 Å². The van der Waals surface area contributed by atoms with E-state index < -0.39 is 0 Å². The average Bonchev–Trinajstić information content (AvgIpc) is 2.41. The van der Waals surface area contributed by atoms with Gasteiger partial charge in [0.25, 0.3) is 0 Å². The average molecular weight is 353 g/mol. The molecule has 18 heavy (non-hydrogen) atoms. The molecule has 1 atom stereocenters. The lowest BCUT2D eigenvalue weighted by Gasteiger charge is -2.15. The number of ether oxygens (including phenoxy) is 1. The van der Waals surface area contributed by atoms with Crippen LogP contribution in [0, 0.1) is 3.57 Å². The SMILES string of the molecule is CC[C@@H](N)c1ccccc1Oc1ccc(I)cc1. The van der Waals surface area contributed by atoms with E-state index in [1.54, 1.807) is 0 Å². The number of benzene rings is 2. The Hall–Kier alpha value is -1.07. The highest BCUT2D eigenvalue weighted by atomic mass is 127. The quantitative estimate of drug-likeness (QED) is 0.822. The van der Waals surface area contributed by atoms with Crippen LogP contribution < -0.4 is 10.5 Å². The fourth-order valence-electron chi connectivity index (χ4n) is 1.73. The van der Waals surface area contributed by atoms with E-state index in [2.05, 4.69) is 29.5 Å². The van der Waals surface area contributed by atoms with Gasteiger partial charge in [-0.2, -0.15) is 0 Å². The van der Waals surface area contributed by atoms with Gasteiger partial charge in [0.1, 0.15) is 11.5 Å². The Kier molecular flexibility index (Phi) is 4.60. The molecule has 0 heterocycles. The molecule has 2 aromatic rings. The van der Waals surface area contributed by atoms with Crippen LogP contribution in [0.4, 0.5) is 0 Å². The number of rotatable bonds is 4. The molecule has 0 unspecified atom stereocenters. The van der Waals surface area contributed by atoms with Gasteiger partial charge in [0, 0.05) is 15.2 Å². The Morgan fingerprint density at radius 2 is 1.78 bits per heavy atom. The van der Waals surface area contributed by atoms with Crippen molar-refractivity contribution >= 4 is 22.6 Å². The van der Waals surface area contributed by atoms with Gasteiger partial charge in [-0.15, -0.1) is 0 Å². The van der Waals surface area contributed by atoms with Gasteiger partial charge in [-0.05, 0) is 59.3 Å². The van der Waals surface area contributed by atoms with E-state index in [0.29, 0.717) is 0 Å². The molecule has 0 bridgehead atoms. The lowest BCUT2D eigenvalue weighted by atomic mass is 10.0. The van der Waals surface area contributed by atoms with E-state index in [9.17, 15) is 0 Å². The summed E-state index contributed by atoms with van der Waals surface area (Å²) >= 11 is 2.28. The van der Waals surface area contributed by atoms with E-state index in [4.69, 9.17) is 10.5 Å². The first-order valence-corrected chi connectivity index (χ1v) is 7.06. The molecule has 0 spiro atoms. The Balaban J connectivity index is 2.26. The second kappa shape index (κ2) is 6.20. The van der Waals surface area contributed by atoms with Crippen molar-refractivity contribution in [2.45, 2.75) is 19.4 Å². The van der Waals surface area contributed by atoms with Crippen LogP contribution in [0.25, 0.3) is 0 Å². The molecule has 2 aromatic carbocycles. The van der Waals surface area contributed by atoms with E-state index in [1.165, 1.54) is 3.57 Å². The zero-order chi connectivity index (χ0) is 13.0. The minimum atomic E-state index is 0.0186. The first-order valence-electron chi connectivity index (χ1n) is 5.98. The third-order valence-corrected chi connectivity index (χ3v) is 3.52. The van der Waals surface area contributed by atoms with Crippen LogP contribution in [-0.4, -0.2) is 0 Å². The lowest BCUT2D eigenvalue weighted by Crippen LogP contribution is -2.09. The van der Waals surface area contributed by atoms with Crippen molar-refractivity contribution in [3.8, 4) is 11.5 Å². The lowest BCUT2D eigenvalue weighted by molar-refractivity contribution is 0.468. The van der Waals surface area contributed by atoms with E-state index in [1.807, 2.05) is 48.5 Å². The van der Waals surface area contributed by atoms with Crippen molar-refractivity contribution in [1.82, 2.24) is 0 Å². The summed E-state index contributed by atoms with van der Waals surface area (Å²) in [6.45, 7) is 2.08. The van der Waals surface area contributed by atoms with Crippen molar-refractivity contribution in [2.24, 2.45) is 5.73 Å². The van der Waals surface area contributed by atoms with Crippen LogP contribution >= 0.6 is 22.6 Å². The molecular formula is C15H16INO. The fraction of sp³-hybridized carbons (Fsp3) is 0.200. The second-order valence-corrected chi connectivity index (χ2v) is 5.35. The molecule has 0 aliphatic heterocycles. The Morgan fingerprint density at radius 3 is 2.44 bits per heavy atom.